The lowest BCUT2D eigenvalue weighted by Crippen LogP contribution is -2.50. The number of likely N-dealkylation sites (N-methyl/N-ethyl adjacent to an activating group) is 1. The summed E-state index contributed by atoms with van der Waals surface area (Å²) in [5.74, 6) is -1.51. The summed E-state index contributed by atoms with van der Waals surface area (Å²) in [7, 11) is 5.52. The van der Waals surface area contributed by atoms with Crippen LogP contribution in [0.4, 0.5) is 0 Å². The van der Waals surface area contributed by atoms with Gasteiger partial charge in [-0.2, -0.15) is 0 Å². The lowest BCUT2D eigenvalue weighted by atomic mass is 10.1. The predicted octanol–water partition coefficient (Wildman–Crippen LogP) is 13.2. The molecule has 0 spiro atoms. The molecule has 0 saturated heterocycles. The van der Waals surface area contributed by atoms with E-state index < -0.39 is 18.1 Å². The zero-order chi connectivity index (χ0) is 42.8. The quantitative estimate of drug-likeness (QED) is 0.0283. The van der Waals surface area contributed by atoms with Gasteiger partial charge in [-0.05, 0) is 70.6 Å². The van der Waals surface area contributed by atoms with E-state index in [0.29, 0.717) is 19.3 Å². The van der Waals surface area contributed by atoms with Gasteiger partial charge in [0, 0.05) is 19.3 Å². The lowest BCUT2D eigenvalue weighted by molar-refractivity contribution is -0.887. The van der Waals surface area contributed by atoms with Gasteiger partial charge in [-0.1, -0.05) is 159 Å². The standard InChI is InChI=1S/C50H89NO7/c1-6-8-10-12-14-16-18-20-21-22-23-24-25-26-27-29-30-32-34-36-38-40-48(52)57-45-46(44-56-43-42-47(50(54)55)51(3,4)5)58-49(53)41-39-37-35-33-31-28-19-17-15-13-11-9-7-2/h9,11,15,17,22-23,28,31,46-47H,6-8,10,12-14,16,18-21,24-27,29-30,32-45H2,1-5H3/p+1/b11-9-,17-15-,23-22-,31-28-. The molecule has 0 amide bonds. The van der Waals surface area contributed by atoms with Crippen molar-refractivity contribution >= 4 is 17.9 Å². The van der Waals surface area contributed by atoms with Gasteiger partial charge in [0.2, 0.25) is 0 Å². The summed E-state index contributed by atoms with van der Waals surface area (Å²) in [4.78, 5) is 37.0. The highest BCUT2D eigenvalue weighted by Crippen LogP contribution is 2.14. The Kier molecular flexibility index (Phi) is 39.1. The zero-order valence-electron chi connectivity index (χ0n) is 38.2. The van der Waals surface area contributed by atoms with E-state index in [1.807, 2.05) is 21.1 Å². The third-order valence-corrected chi connectivity index (χ3v) is 10.5. The maximum Gasteiger partial charge on any atom is 0.362 e. The van der Waals surface area contributed by atoms with Gasteiger partial charge in [0.1, 0.15) is 6.61 Å². The fraction of sp³-hybridized carbons (Fsp3) is 0.780. The molecule has 0 saturated carbocycles. The average Bonchev–Trinajstić information content (AvgIpc) is 3.18. The van der Waals surface area contributed by atoms with E-state index in [0.717, 1.165) is 64.2 Å². The van der Waals surface area contributed by atoms with Gasteiger partial charge in [-0.25, -0.2) is 4.79 Å². The molecule has 0 aromatic rings. The molecule has 58 heavy (non-hydrogen) atoms. The molecule has 336 valence electrons. The predicted molar refractivity (Wildman–Crippen MR) is 243 cm³/mol. The Bertz CT molecular complexity index is 1090. The van der Waals surface area contributed by atoms with Crippen LogP contribution in [-0.4, -0.2) is 80.6 Å². The molecular formula is C50H90NO7+. The number of aliphatic carboxylic acids is 1. The van der Waals surface area contributed by atoms with E-state index in [4.69, 9.17) is 14.2 Å². The summed E-state index contributed by atoms with van der Waals surface area (Å²) >= 11 is 0. The molecule has 0 aromatic carbocycles. The number of carbonyl (C=O) groups excluding carboxylic acids is 2. The van der Waals surface area contributed by atoms with Gasteiger partial charge in [0.05, 0.1) is 34.4 Å². The number of ether oxygens (including phenoxy) is 3. The smallest absolute Gasteiger partial charge is 0.362 e. The SMILES string of the molecule is CC/C=C\C/C=C\C/C=C\CCCCCC(=O)OC(COCCC(C(=O)O)[N+](C)(C)C)COC(=O)CCCCCCCCCCC/C=C\CCCCCCCCCC. The molecule has 2 atom stereocenters. The summed E-state index contributed by atoms with van der Waals surface area (Å²) in [5.41, 5.74) is 0. The van der Waals surface area contributed by atoms with Crippen LogP contribution < -0.4 is 0 Å². The Morgan fingerprint density at radius 1 is 0.534 bits per heavy atom. The van der Waals surface area contributed by atoms with Crippen LogP contribution in [0.5, 0.6) is 0 Å². The first kappa shape index (κ1) is 55.3. The van der Waals surface area contributed by atoms with Crippen molar-refractivity contribution in [3.63, 3.8) is 0 Å². The number of unbranched alkanes of at least 4 members (excludes halogenated alkanes) is 20. The number of hydrogen-bond acceptors (Lipinski definition) is 6. The molecule has 0 aliphatic rings. The molecule has 0 rings (SSSR count). The summed E-state index contributed by atoms with van der Waals surface area (Å²) in [5, 5.41) is 9.62. The highest BCUT2D eigenvalue weighted by Gasteiger charge is 2.31. The van der Waals surface area contributed by atoms with E-state index in [2.05, 4.69) is 62.5 Å². The summed E-state index contributed by atoms with van der Waals surface area (Å²) in [6, 6.07) is -0.621. The summed E-state index contributed by atoms with van der Waals surface area (Å²) in [6.45, 7) is 4.59. The van der Waals surface area contributed by atoms with Crippen molar-refractivity contribution in [1.29, 1.82) is 0 Å². The number of rotatable bonds is 42. The van der Waals surface area contributed by atoms with Crippen molar-refractivity contribution in [1.82, 2.24) is 0 Å². The van der Waals surface area contributed by atoms with Gasteiger partial charge in [0.25, 0.3) is 0 Å². The minimum absolute atomic E-state index is 0.0483. The van der Waals surface area contributed by atoms with Crippen molar-refractivity contribution in [3.8, 4) is 0 Å². The van der Waals surface area contributed by atoms with E-state index >= 15 is 0 Å². The second-order valence-electron chi connectivity index (χ2n) is 17.0. The molecule has 2 unspecified atom stereocenters. The van der Waals surface area contributed by atoms with Gasteiger partial charge in [-0.15, -0.1) is 0 Å². The maximum absolute atomic E-state index is 12.7. The number of hydrogen-bond donors (Lipinski definition) is 1. The third kappa shape index (κ3) is 38.8. The molecule has 0 heterocycles. The molecule has 0 aromatic heterocycles. The monoisotopic (exact) mass is 817 g/mol. The molecule has 0 bridgehead atoms. The van der Waals surface area contributed by atoms with Crippen LogP contribution in [0, 0.1) is 0 Å². The Labute approximate surface area is 356 Å². The van der Waals surface area contributed by atoms with Gasteiger partial charge < -0.3 is 23.8 Å². The van der Waals surface area contributed by atoms with Crippen molar-refractivity contribution < 1.29 is 38.2 Å². The molecule has 0 aliphatic carbocycles. The van der Waals surface area contributed by atoms with Gasteiger partial charge in [-0.3, -0.25) is 9.59 Å². The van der Waals surface area contributed by atoms with Crippen LogP contribution in [-0.2, 0) is 28.6 Å². The van der Waals surface area contributed by atoms with Gasteiger partial charge in [0.15, 0.2) is 12.1 Å². The number of carbonyl (C=O) groups is 3. The number of nitrogens with zero attached hydrogens (tertiary/aromatic N) is 1. The second kappa shape index (κ2) is 41.0. The van der Waals surface area contributed by atoms with Crippen molar-refractivity contribution in [2.75, 3.05) is 41.0 Å². The van der Waals surface area contributed by atoms with Crippen molar-refractivity contribution in [2.24, 2.45) is 0 Å². The molecule has 8 heteroatoms. The second-order valence-corrected chi connectivity index (χ2v) is 17.0. The number of carboxylic acid groups (broad SMARTS) is 1. The number of allylic oxidation sites excluding steroid dienone is 8. The first-order chi connectivity index (χ1) is 28.1. The van der Waals surface area contributed by atoms with E-state index in [-0.39, 0.29) is 36.2 Å². The Morgan fingerprint density at radius 2 is 0.966 bits per heavy atom. The van der Waals surface area contributed by atoms with Crippen LogP contribution >= 0.6 is 0 Å². The molecular weight excluding hydrogens is 727 g/mol. The fourth-order valence-electron chi connectivity index (χ4n) is 6.81. The maximum atomic E-state index is 12.7. The van der Waals surface area contributed by atoms with Crippen molar-refractivity contribution in [2.45, 2.75) is 212 Å². The minimum Gasteiger partial charge on any atom is -0.477 e. The largest absolute Gasteiger partial charge is 0.477 e. The van der Waals surface area contributed by atoms with E-state index in [1.54, 1.807) is 0 Å². The normalized spacial score (nSPS) is 13.3. The number of esters is 2. The van der Waals surface area contributed by atoms with Crippen LogP contribution in [0.2, 0.25) is 0 Å². The Hall–Kier alpha value is -2.71. The molecule has 0 radical (unpaired) electrons. The minimum atomic E-state index is -0.881. The number of quaternary nitrogens is 1. The van der Waals surface area contributed by atoms with Crippen LogP contribution in [0.15, 0.2) is 48.6 Å². The first-order valence-corrected chi connectivity index (χ1v) is 23.7. The molecule has 0 fully saturated rings. The highest BCUT2D eigenvalue weighted by atomic mass is 16.6. The third-order valence-electron chi connectivity index (χ3n) is 10.5. The summed E-state index contributed by atoms with van der Waals surface area (Å²) < 4.78 is 17.3. The average molecular weight is 817 g/mol. The molecule has 8 nitrogen and oxygen atoms in total. The zero-order valence-corrected chi connectivity index (χ0v) is 38.2. The van der Waals surface area contributed by atoms with Crippen LogP contribution in [0.3, 0.4) is 0 Å². The topological polar surface area (TPSA) is 99.1 Å². The summed E-state index contributed by atoms with van der Waals surface area (Å²) in [6.07, 6.45) is 48.8. The highest BCUT2D eigenvalue weighted by molar-refractivity contribution is 5.72. The van der Waals surface area contributed by atoms with E-state index in [9.17, 15) is 19.5 Å². The Morgan fingerprint density at radius 3 is 1.47 bits per heavy atom. The van der Waals surface area contributed by atoms with E-state index in [1.165, 1.54) is 103 Å². The first-order valence-electron chi connectivity index (χ1n) is 23.7. The lowest BCUT2D eigenvalue weighted by Gasteiger charge is -2.31. The van der Waals surface area contributed by atoms with Gasteiger partial charge >= 0.3 is 17.9 Å². The van der Waals surface area contributed by atoms with Crippen LogP contribution in [0.1, 0.15) is 200 Å². The van der Waals surface area contributed by atoms with Crippen LogP contribution in [0.25, 0.3) is 0 Å². The molecule has 1 N–H and O–H groups in total. The Balaban J connectivity index is 4.26. The fourth-order valence-corrected chi connectivity index (χ4v) is 6.81. The molecule has 0 aliphatic heterocycles. The van der Waals surface area contributed by atoms with Crippen molar-refractivity contribution in [3.05, 3.63) is 48.6 Å². The number of carboxylic acids is 1.